The number of likely N-dealkylation sites (N-methyl/N-ethyl adjacent to an activating group) is 1. The van der Waals surface area contributed by atoms with Gasteiger partial charge in [0.05, 0.1) is 25.1 Å². The number of nitrogens with one attached hydrogen (secondary N) is 1. The highest BCUT2D eigenvalue weighted by atomic mass is 32.2. The highest BCUT2D eigenvalue weighted by Crippen LogP contribution is 2.42. The summed E-state index contributed by atoms with van der Waals surface area (Å²) in [5.41, 5.74) is 7.64. The van der Waals surface area contributed by atoms with Crippen LogP contribution in [0.3, 0.4) is 0 Å². The predicted octanol–water partition coefficient (Wildman–Crippen LogP) is 1.57. The number of nitrogens with zero attached hydrogens (tertiary/aromatic N) is 7. The van der Waals surface area contributed by atoms with E-state index in [0.29, 0.717) is 39.6 Å². The number of rotatable bonds is 15. The maximum Gasteiger partial charge on any atom is 0.358 e. The van der Waals surface area contributed by atoms with Crippen molar-refractivity contribution in [2.24, 2.45) is 5.92 Å². The van der Waals surface area contributed by atoms with Crippen LogP contribution in [0.2, 0.25) is 0 Å². The number of nitrogens with two attached hydrogens (primary N) is 1. The van der Waals surface area contributed by atoms with Gasteiger partial charge in [0.15, 0.2) is 5.13 Å². The lowest BCUT2D eigenvalue weighted by Crippen LogP contribution is -2.70. The number of amides is 2. The molecule has 2 aliphatic rings. The molecule has 3 atom stereocenters. The molecular weight excluding hydrogens is 679 g/mol. The van der Waals surface area contributed by atoms with Crippen LogP contribution in [0, 0.1) is 5.92 Å². The molecule has 0 radical (unpaired) electrons. The Morgan fingerprint density at radius 3 is 2.62 bits per heavy atom. The van der Waals surface area contributed by atoms with Gasteiger partial charge in [0.1, 0.15) is 17.1 Å². The van der Waals surface area contributed by atoms with E-state index in [4.69, 9.17) is 15.2 Å². The number of esters is 2. The number of fused-ring (bicyclic) bond motifs is 1. The number of carbonyl (C=O) groups is 4. The van der Waals surface area contributed by atoms with E-state index in [-0.39, 0.29) is 30.4 Å². The van der Waals surface area contributed by atoms with Crippen LogP contribution in [-0.4, -0.2) is 109 Å². The van der Waals surface area contributed by atoms with Crippen LogP contribution >= 0.6 is 34.9 Å². The Morgan fingerprint density at radius 2 is 1.94 bits per heavy atom. The van der Waals surface area contributed by atoms with Gasteiger partial charge in [0.25, 0.3) is 5.91 Å². The molecule has 0 saturated carbocycles. The fraction of sp³-hybridized carbons (Fsp3) is 0.467. The van der Waals surface area contributed by atoms with Crippen LogP contribution in [0.1, 0.15) is 25.1 Å². The quantitative estimate of drug-likeness (QED) is 0.0999. The molecule has 2 amide bonds. The van der Waals surface area contributed by atoms with Gasteiger partial charge in [-0.2, -0.15) is 0 Å². The van der Waals surface area contributed by atoms with E-state index in [1.54, 1.807) is 36.0 Å². The molecule has 0 bridgehead atoms. The summed E-state index contributed by atoms with van der Waals surface area (Å²) < 4.78 is 13.1. The Morgan fingerprint density at radius 1 is 1.17 bits per heavy atom. The van der Waals surface area contributed by atoms with Crippen LogP contribution in [-0.2, 0) is 48.0 Å². The number of nitrogen functional groups attached to an aromatic ring is 1. The van der Waals surface area contributed by atoms with Crippen molar-refractivity contribution in [3.63, 3.8) is 0 Å². The van der Waals surface area contributed by atoms with Crippen molar-refractivity contribution < 1.29 is 28.7 Å². The summed E-state index contributed by atoms with van der Waals surface area (Å²) in [5, 5.41) is 16.8. The number of aromatic nitrogens is 5. The van der Waals surface area contributed by atoms with E-state index in [1.165, 1.54) is 39.8 Å². The van der Waals surface area contributed by atoms with E-state index < -0.39 is 35.6 Å². The summed E-state index contributed by atoms with van der Waals surface area (Å²) in [5.74, 6) is -1.90. The Labute approximate surface area is 290 Å². The van der Waals surface area contributed by atoms with Crippen LogP contribution in [0.15, 0.2) is 52.1 Å². The second-order valence-electron chi connectivity index (χ2n) is 11.7. The van der Waals surface area contributed by atoms with Gasteiger partial charge in [0, 0.05) is 29.3 Å². The molecule has 2 aromatic heterocycles. The van der Waals surface area contributed by atoms with Crippen molar-refractivity contribution in [1.29, 1.82) is 0 Å². The van der Waals surface area contributed by atoms with E-state index in [9.17, 15) is 19.2 Å². The van der Waals surface area contributed by atoms with Gasteiger partial charge >= 0.3 is 11.9 Å². The van der Waals surface area contributed by atoms with Gasteiger partial charge in [-0.25, -0.2) is 14.5 Å². The summed E-state index contributed by atoms with van der Waals surface area (Å²) >= 11 is 3.99. The number of hydrogen-bond acceptors (Lipinski definition) is 15. The number of thiazole rings is 1. The van der Waals surface area contributed by atoms with E-state index in [0.717, 1.165) is 12.1 Å². The van der Waals surface area contributed by atoms with E-state index in [2.05, 4.69) is 25.8 Å². The normalized spacial score (nSPS) is 18.0. The van der Waals surface area contributed by atoms with Crippen molar-refractivity contribution in [1.82, 2.24) is 40.3 Å². The molecule has 0 aliphatic carbocycles. The molecule has 0 spiro atoms. The van der Waals surface area contributed by atoms with Crippen molar-refractivity contribution in [2.45, 2.75) is 56.1 Å². The summed E-state index contributed by atoms with van der Waals surface area (Å²) in [6, 6.07) is 8.25. The third-order valence-electron chi connectivity index (χ3n) is 7.31. The highest BCUT2D eigenvalue weighted by Gasteiger charge is 2.54. The molecule has 256 valence electrons. The molecule has 15 nitrogen and oxygen atoms in total. The Hall–Kier alpha value is -4.00. The summed E-state index contributed by atoms with van der Waals surface area (Å²) in [4.78, 5) is 60.6. The van der Waals surface area contributed by atoms with Gasteiger partial charge < -0.3 is 25.4 Å². The van der Waals surface area contributed by atoms with Gasteiger partial charge in [-0.15, -0.1) is 28.2 Å². The Balaban J connectivity index is 1.33. The number of ether oxygens (including phenoxy) is 2. The summed E-state index contributed by atoms with van der Waals surface area (Å²) in [6.45, 7) is 4.82. The standard InChI is InChI=1S/C30H37N9O6S3/c1-17(2)28(44-22(41)12-18-8-6-5-7-9-18)45-27(43)24-19(15-48-30-34-35-36-38(30)11-10-37(3)4)14-46-26-23(25(42)39(24)26)33-21(40)13-20-16-47-29(31)32-20/h5-9,16-17,23,26,28H,10-15H2,1-4H3,(H2,31,32)(H,33,40)/t23-,26+,28?/m1/s1. The lowest BCUT2D eigenvalue weighted by molar-refractivity contribution is -0.194. The molecule has 48 heavy (non-hydrogen) atoms. The molecule has 18 heteroatoms. The molecule has 5 rings (SSSR count). The molecule has 3 N–H and O–H groups in total. The minimum atomic E-state index is -1.20. The third kappa shape index (κ3) is 8.72. The van der Waals surface area contributed by atoms with Crippen molar-refractivity contribution in [2.75, 3.05) is 37.9 Å². The number of thioether (sulfide) groups is 2. The average molecular weight is 716 g/mol. The zero-order chi connectivity index (χ0) is 34.4. The first-order valence-electron chi connectivity index (χ1n) is 15.1. The average Bonchev–Trinajstić information content (AvgIpc) is 3.68. The fourth-order valence-corrected chi connectivity index (χ4v) is 7.80. The van der Waals surface area contributed by atoms with Crippen molar-refractivity contribution >= 4 is 63.7 Å². The second-order valence-corrected chi connectivity index (χ2v) is 14.6. The number of β-lactam (4-membered cyclic amide) rings is 1. The Kier molecular flexibility index (Phi) is 11.7. The predicted molar refractivity (Wildman–Crippen MR) is 180 cm³/mol. The lowest BCUT2D eigenvalue weighted by Gasteiger charge is -2.49. The topological polar surface area (TPSA) is 188 Å². The van der Waals surface area contributed by atoms with Crippen molar-refractivity contribution in [3.05, 3.63) is 58.2 Å². The molecule has 3 aromatic rings. The van der Waals surface area contributed by atoms with E-state index >= 15 is 0 Å². The highest BCUT2D eigenvalue weighted by molar-refractivity contribution is 8.01. The van der Waals surface area contributed by atoms with Gasteiger partial charge in [-0.05, 0) is 35.7 Å². The number of anilines is 1. The van der Waals surface area contributed by atoms with E-state index in [1.807, 2.05) is 37.2 Å². The molecule has 4 heterocycles. The van der Waals surface area contributed by atoms with Crippen LogP contribution in [0.5, 0.6) is 0 Å². The van der Waals surface area contributed by atoms with Crippen LogP contribution in [0.25, 0.3) is 0 Å². The summed E-state index contributed by atoms with van der Waals surface area (Å²) in [7, 11) is 3.90. The largest absolute Gasteiger partial charge is 0.425 e. The Bertz CT molecular complexity index is 1660. The second kappa shape index (κ2) is 15.9. The maximum absolute atomic E-state index is 13.9. The number of hydrogen-bond donors (Lipinski definition) is 2. The SMILES string of the molecule is CC(C)C(OC(=O)Cc1ccccc1)OC(=O)C1=C(CSc2nnnn2CCN(C)C)CS[C@H]2[C@H](NC(=O)Cc3csc(N)n3)C(=O)N12. The fourth-order valence-electron chi connectivity index (χ4n) is 4.85. The smallest absolute Gasteiger partial charge is 0.358 e. The first-order chi connectivity index (χ1) is 23.0. The molecule has 1 fully saturated rings. The third-order valence-corrected chi connectivity index (χ3v) is 10.4. The molecular formula is C30H37N9O6S3. The minimum Gasteiger partial charge on any atom is -0.425 e. The monoisotopic (exact) mass is 715 g/mol. The molecule has 1 aromatic carbocycles. The van der Waals surface area contributed by atoms with Gasteiger partial charge in [0.2, 0.25) is 17.4 Å². The van der Waals surface area contributed by atoms with Gasteiger partial charge in [-0.1, -0.05) is 55.9 Å². The number of carbonyl (C=O) groups excluding carboxylic acids is 4. The maximum atomic E-state index is 13.9. The molecule has 1 saturated heterocycles. The number of benzene rings is 1. The first-order valence-corrected chi connectivity index (χ1v) is 18.1. The van der Waals surface area contributed by atoms with Crippen LogP contribution < -0.4 is 11.1 Å². The first kappa shape index (κ1) is 35.3. The zero-order valence-corrected chi connectivity index (χ0v) is 29.3. The minimum absolute atomic E-state index is 0.00688. The molecule has 1 unspecified atom stereocenters. The van der Waals surface area contributed by atoms with Gasteiger partial charge in [-0.3, -0.25) is 19.3 Å². The van der Waals surface area contributed by atoms with Crippen molar-refractivity contribution in [3.8, 4) is 0 Å². The molecule has 2 aliphatic heterocycles. The number of tetrazole rings is 1. The summed E-state index contributed by atoms with van der Waals surface area (Å²) in [6.07, 6.45) is -1.22. The zero-order valence-electron chi connectivity index (χ0n) is 26.9. The van der Waals surface area contributed by atoms with Crippen LogP contribution in [0.4, 0.5) is 5.13 Å². The lowest BCUT2D eigenvalue weighted by atomic mass is 10.0.